The average molecular weight is 375 g/mol. The molecule has 7 heteroatoms. The van der Waals surface area contributed by atoms with Crippen LogP contribution in [0.4, 0.5) is 11.4 Å². The van der Waals surface area contributed by atoms with Gasteiger partial charge in [0.25, 0.3) is 5.91 Å². The number of nitrogens with two attached hydrogens (primary N) is 1. The predicted octanol–water partition coefficient (Wildman–Crippen LogP) is 2.99. The molecule has 0 aliphatic carbocycles. The van der Waals surface area contributed by atoms with Crippen LogP contribution in [0.3, 0.4) is 0 Å². The molecule has 0 radical (unpaired) electrons. The fourth-order valence-corrected chi connectivity index (χ4v) is 3.12. The van der Waals surface area contributed by atoms with Gasteiger partial charge in [0.05, 0.1) is 16.3 Å². The lowest BCUT2D eigenvalue weighted by Gasteiger charge is -2.19. The number of nitrogens with zero attached hydrogens (tertiary/aromatic N) is 1. The molecule has 1 amide bonds. The molecule has 0 unspecified atom stereocenters. The minimum atomic E-state index is -3.85. The second-order valence-electron chi connectivity index (χ2n) is 6.37. The Labute approximate surface area is 155 Å². The standard InChI is InChI=1S/C19H25N3O3S/c1-4-5-6-14-7-9-15(10-8-14)19(23)21-17-13-16(26(20,24)25)11-12-18(17)22(2)3/h7-13H,4-6H2,1-3H3,(H,21,23)(H2,20,24,25). The van der Waals surface area contributed by atoms with Crippen LogP contribution in [0.1, 0.15) is 35.7 Å². The highest BCUT2D eigenvalue weighted by molar-refractivity contribution is 7.89. The van der Waals surface area contributed by atoms with Gasteiger partial charge in [-0.15, -0.1) is 0 Å². The molecule has 26 heavy (non-hydrogen) atoms. The van der Waals surface area contributed by atoms with Gasteiger partial charge in [-0.1, -0.05) is 25.5 Å². The van der Waals surface area contributed by atoms with Crippen molar-refractivity contribution in [2.45, 2.75) is 31.1 Å². The summed E-state index contributed by atoms with van der Waals surface area (Å²) in [6.07, 6.45) is 3.22. The van der Waals surface area contributed by atoms with Crippen molar-refractivity contribution in [1.82, 2.24) is 0 Å². The van der Waals surface area contributed by atoms with E-state index in [2.05, 4.69) is 12.2 Å². The lowest BCUT2D eigenvalue weighted by molar-refractivity contribution is 0.102. The summed E-state index contributed by atoms with van der Waals surface area (Å²) in [6.45, 7) is 2.14. The highest BCUT2D eigenvalue weighted by atomic mass is 32.2. The van der Waals surface area contributed by atoms with Gasteiger partial charge in [-0.25, -0.2) is 13.6 Å². The SMILES string of the molecule is CCCCc1ccc(C(=O)Nc2cc(S(N)(=O)=O)ccc2N(C)C)cc1. The number of sulfonamides is 1. The number of amides is 1. The van der Waals surface area contributed by atoms with E-state index < -0.39 is 10.0 Å². The Morgan fingerprint density at radius 3 is 2.31 bits per heavy atom. The highest BCUT2D eigenvalue weighted by Crippen LogP contribution is 2.27. The van der Waals surface area contributed by atoms with Gasteiger partial charge in [-0.3, -0.25) is 4.79 Å². The van der Waals surface area contributed by atoms with Crippen molar-refractivity contribution in [2.75, 3.05) is 24.3 Å². The van der Waals surface area contributed by atoms with Crippen LogP contribution < -0.4 is 15.4 Å². The number of hydrogen-bond donors (Lipinski definition) is 2. The smallest absolute Gasteiger partial charge is 0.255 e. The molecule has 6 nitrogen and oxygen atoms in total. The Balaban J connectivity index is 2.27. The lowest BCUT2D eigenvalue weighted by atomic mass is 10.1. The van der Waals surface area contributed by atoms with Crippen molar-refractivity contribution in [2.24, 2.45) is 5.14 Å². The summed E-state index contributed by atoms with van der Waals surface area (Å²) in [5.74, 6) is -0.304. The molecule has 0 heterocycles. The number of anilines is 2. The Morgan fingerprint density at radius 1 is 1.12 bits per heavy atom. The van der Waals surface area contributed by atoms with E-state index in [1.165, 1.54) is 17.7 Å². The monoisotopic (exact) mass is 375 g/mol. The third-order valence-corrected chi connectivity index (χ3v) is 4.97. The third-order valence-electron chi connectivity index (χ3n) is 4.06. The summed E-state index contributed by atoms with van der Waals surface area (Å²) in [5.41, 5.74) is 2.77. The quantitative estimate of drug-likeness (QED) is 0.778. The lowest BCUT2D eigenvalue weighted by Crippen LogP contribution is -2.18. The molecule has 2 aromatic rings. The molecular weight excluding hydrogens is 350 g/mol. The molecule has 3 N–H and O–H groups in total. The van der Waals surface area contributed by atoms with Gasteiger partial charge in [-0.2, -0.15) is 0 Å². The van der Waals surface area contributed by atoms with Crippen LogP contribution in [0.15, 0.2) is 47.4 Å². The van der Waals surface area contributed by atoms with Crippen LogP contribution in [0.2, 0.25) is 0 Å². The van der Waals surface area contributed by atoms with E-state index in [1.54, 1.807) is 23.1 Å². The number of carbonyl (C=O) groups is 1. The van der Waals surface area contributed by atoms with Crippen LogP contribution in [0, 0.1) is 0 Å². The first-order chi connectivity index (χ1) is 12.2. The molecule has 2 aromatic carbocycles. The van der Waals surface area contributed by atoms with Gasteiger partial charge in [-0.05, 0) is 48.7 Å². The number of primary sulfonamides is 1. The van der Waals surface area contributed by atoms with E-state index in [9.17, 15) is 13.2 Å². The van der Waals surface area contributed by atoms with Crippen molar-refractivity contribution in [3.05, 3.63) is 53.6 Å². The maximum Gasteiger partial charge on any atom is 0.255 e. The molecule has 140 valence electrons. The summed E-state index contributed by atoms with van der Waals surface area (Å²) in [5, 5.41) is 7.98. The van der Waals surface area contributed by atoms with Crippen molar-refractivity contribution < 1.29 is 13.2 Å². The number of aryl methyl sites for hydroxylation is 1. The Morgan fingerprint density at radius 2 is 1.77 bits per heavy atom. The average Bonchev–Trinajstić information content (AvgIpc) is 2.59. The number of benzene rings is 2. The van der Waals surface area contributed by atoms with Gasteiger partial charge >= 0.3 is 0 Å². The first kappa shape index (κ1) is 19.9. The molecule has 0 aromatic heterocycles. The Hall–Kier alpha value is -2.38. The maximum absolute atomic E-state index is 12.6. The van der Waals surface area contributed by atoms with Crippen LogP contribution in [0.25, 0.3) is 0 Å². The fourth-order valence-electron chi connectivity index (χ4n) is 2.58. The van der Waals surface area contributed by atoms with Gasteiger partial charge in [0.1, 0.15) is 0 Å². The van der Waals surface area contributed by atoms with Gasteiger partial charge in [0.15, 0.2) is 0 Å². The largest absolute Gasteiger partial charge is 0.376 e. The predicted molar refractivity (Wildman–Crippen MR) is 105 cm³/mol. The van der Waals surface area contributed by atoms with Crippen molar-refractivity contribution in [3.63, 3.8) is 0 Å². The maximum atomic E-state index is 12.6. The van der Waals surface area contributed by atoms with Crippen LogP contribution in [-0.4, -0.2) is 28.4 Å². The molecule has 0 bridgehead atoms. The topological polar surface area (TPSA) is 92.5 Å². The second kappa shape index (κ2) is 8.33. The minimum absolute atomic E-state index is 0.0479. The zero-order valence-corrected chi connectivity index (χ0v) is 16.1. The summed E-state index contributed by atoms with van der Waals surface area (Å²) in [4.78, 5) is 14.3. The van der Waals surface area contributed by atoms with E-state index in [-0.39, 0.29) is 10.8 Å². The van der Waals surface area contributed by atoms with Crippen molar-refractivity contribution in [3.8, 4) is 0 Å². The molecule has 0 saturated heterocycles. The zero-order chi connectivity index (χ0) is 19.3. The number of carbonyl (C=O) groups excluding carboxylic acids is 1. The number of unbranched alkanes of at least 4 members (excludes halogenated alkanes) is 1. The highest BCUT2D eigenvalue weighted by Gasteiger charge is 2.15. The van der Waals surface area contributed by atoms with E-state index in [0.29, 0.717) is 16.9 Å². The zero-order valence-electron chi connectivity index (χ0n) is 15.3. The molecule has 2 rings (SSSR count). The number of rotatable bonds is 7. The Kier molecular flexibility index (Phi) is 6.39. The molecule has 0 spiro atoms. The minimum Gasteiger partial charge on any atom is -0.376 e. The molecule has 0 fully saturated rings. The van der Waals surface area contributed by atoms with Gasteiger partial charge in [0, 0.05) is 19.7 Å². The molecule has 0 saturated carbocycles. The van der Waals surface area contributed by atoms with E-state index in [0.717, 1.165) is 19.3 Å². The molecule has 0 aliphatic heterocycles. The fraction of sp³-hybridized carbons (Fsp3) is 0.316. The molecule has 0 aliphatic rings. The van der Waals surface area contributed by atoms with Crippen molar-refractivity contribution in [1.29, 1.82) is 0 Å². The van der Waals surface area contributed by atoms with E-state index >= 15 is 0 Å². The van der Waals surface area contributed by atoms with Crippen LogP contribution in [0.5, 0.6) is 0 Å². The summed E-state index contributed by atoms with van der Waals surface area (Å²) >= 11 is 0. The van der Waals surface area contributed by atoms with Crippen LogP contribution >= 0.6 is 0 Å². The summed E-state index contributed by atoms with van der Waals surface area (Å²) in [6, 6.07) is 11.8. The normalized spacial score (nSPS) is 11.2. The van der Waals surface area contributed by atoms with Crippen LogP contribution in [-0.2, 0) is 16.4 Å². The number of nitrogens with one attached hydrogen (secondary N) is 1. The van der Waals surface area contributed by atoms with Crippen molar-refractivity contribution >= 4 is 27.3 Å². The molecule has 0 atom stereocenters. The summed E-state index contributed by atoms with van der Waals surface area (Å²) < 4.78 is 23.2. The second-order valence-corrected chi connectivity index (χ2v) is 7.93. The van der Waals surface area contributed by atoms with E-state index in [1.807, 2.05) is 26.2 Å². The first-order valence-corrected chi connectivity index (χ1v) is 10.0. The first-order valence-electron chi connectivity index (χ1n) is 8.47. The summed E-state index contributed by atoms with van der Waals surface area (Å²) in [7, 11) is -0.233. The van der Waals surface area contributed by atoms with E-state index in [4.69, 9.17) is 5.14 Å². The number of hydrogen-bond acceptors (Lipinski definition) is 4. The Bertz CT molecular complexity index is 875. The van der Waals surface area contributed by atoms with Gasteiger partial charge in [0.2, 0.25) is 10.0 Å². The molecular formula is C19H25N3O3S. The van der Waals surface area contributed by atoms with Gasteiger partial charge < -0.3 is 10.2 Å². The third kappa shape index (κ3) is 5.06.